The molecule has 0 aliphatic carbocycles. The number of nitrogens with zero attached hydrogens (tertiary/aromatic N) is 3. The molecule has 1 heterocycles. The van der Waals surface area contributed by atoms with E-state index in [4.69, 9.17) is 16.3 Å². The summed E-state index contributed by atoms with van der Waals surface area (Å²) in [6.07, 6.45) is -3.77. The summed E-state index contributed by atoms with van der Waals surface area (Å²) in [5, 5.41) is 3.49. The molecule has 0 unspecified atom stereocenters. The Labute approximate surface area is 163 Å². The summed E-state index contributed by atoms with van der Waals surface area (Å²) >= 11 is 6.15. The number of halogens is 4. The van der Waals surface area contributed by atoms with Crippen LogP contribution in [0.5, 0.6) is 5.75 Å². The number of alkyl halides is 3. The van der Waals surface area contributed by atoms with E-state index >= 15 is 0 Å². The maximum absolute atomic E-state index is 13.2. The van der Waals surface area contributed by atoms with E-state index in [1.165, 1.54) is 31.4 Å². The highest BCUT2D eigenvalue weighted by atomic mass is 35.5. The largest absolute Gasteiger partial charge is 0.497 e. The van der Waals surface area contributed by atoms with Crippen molar-refractivity contribution in [2.45, 2.75) is 11.1 Å². The van der Waals surface area contributed by atoms with E-state index in [1.807, 2.05) is 0 Å². The van der Waals surface area contributed by atoms with Gasteiger partial charge in [0.1, 0.15) is 5.75 Å². The van der Waals surface area contributed by atoms with Crippen LogP contribution in [0.4, 0.5) is 13.2 Å². The van der Waals surface area contributed by atoms with Crippen molar-refractivity contribution in [3.8, 4) is 22.8 Å². The zero-order valence-corrected chi connectivity index (χ0v) is 16.1. The van der Waals surface area contributed by atoms with Gasteiger partial charge < -0.3 is 4.74 Å². The third kappa shape index (κ3) is 3.97. The number of ether oxygens (including phenoxy) is 1. The molecule has 0 N–H and O–H groups in total. The lowest BCUT2D eigenvalue weighted by molar-refractivity contribution is -0.144. The van der Waals surface area contributed by atoms with Crippen LogP contribution in [-0.2, 0) is 16.0 Å². The van der Waals surface area contributed by atoms with Gasteiger partial charge in [0.2, 0.25) is 0 Å². The zero-order chi connectivity index (χ0) is 20.7. The molecule has 0 saturated carbocycles. The Balaban J connectivity index is 2.20. The highest BCUT2D eigenvalue weighted by Gasteiger charge is 2.37. The van der Waals surface area contributed by atoms with E-state index in [9.17, 15) is 21.6 Å². The fourth-order valence-corrected chi connectivity index (χ4v) is 3.39. The summed E-state index contributed by atoms with van der Waals surface area (Å²) in [6, 6.07) is 9.84. The Morgan fingerprint density at radius 1 is 1.11 bits per heavy atom. The Kier molecular flexibility index (Phi) is 5.11. The van der Waals surface area contributed by atoms with E-state index < -0.39 is 21.8 Å². The zero-order valence-electron chi connectivity index (χ0n) is 14.5. The van der Waals surface area contributed by atoms with Crippen LogP contribution >= 0.6 is 11.6 Å². The van der Waals surface area contributed by atoms with Crippen LogP contribution in [-0.4, -0.2) is 36.5 Å². The van der Waals surface area contributed by atoms with E-state index in [0.717, 1.165) is 17.0 Å². The lowest BCUT2D eigenvalue weighted by Gasteiger charge is -2.09. The van der Waals surface area contributed by atoms with E-state index in [1.54, 1.807) is 12.1 Å². The first-order valence-electron chi connectivity index (χ1n) is 7.69. The highest BCUT2D eigenvalue weighted by molar-refractivity contribution is 7.90. The monoisotopic (exact) mass is 431 g/mol. The maximum Gasteiger partial charge on any atom is 0.453 e. The van der Waals surface area contributed by atoms with E-state index in [-0.39, 0.29) is 21.3 Å². The number of sulfone groups is 1. The Morgan fingerprint density at radius 2 is 1.75 bits per heavy atom. The molecule has 2 aromatic carbocycles. The molecule has 148 valence electrons. The van der Waals surface area contributed by atoms with Crippen molar-refractivity contribution in [2.24, 2.45) is 0 Å². The number of hydrogen-bond acceptors (Lipinski definition) is 5. The molecule has 0 aliphatic rings. The number of rotatable bonds is 4. The molecule has 3 aromatic rings. The van der Waals surface area contributed by atoms with Gasteiger partial charge in [-0.3, -0.25) is 0 Å². The summed E-state index contributed by atoms with van der Waals surface area (Å²) in [4.78, 5) is 3.52. The third-order valence-corrected chi connectivity index (χ3v) is 5.21. The molecule has 6 nitrogen and oxygen atoms in total. The second-order valence-corrected chi connectivity index (χ2v) is 8.20. The van der Waals surface area contributed by atoms with Gasteiger partial charge in [0.25, 0.3) is 5.82 Å². The van der Waals surface area contributed by atoms with Crippen molar-refractivity contribution in [3.05, 3.63) is 53.3 Å². The molecule has 3 rings (SSSR count). The predicted octanol–water partition coefficient (Wildman–Crippen LogP) is 4.02. The molecule has 0 bridgehead atoms. The van der Waals surface area contributed by atoms with Crippen molar-refractivity contribution in [2.75, 3.05) is 13.4 Å². The minimum atomic E-state index is -4.77. The predicted molar refractivity (Wildman–Crippen MR) is 96.5 cm³/mol. The lowest BCUT2D eigenvalue weighted by atomic mass is 10.2. The number of hydrogen-bond donors (Lipinski definition) is 0. The van der Waals surface area contributed by atoms with Crippen molar-refractivity contribution in [3.63, 3.8) is 0 Å². The molecule has 0 aliphatic heterocycles. The van der Waals surface area contributed by atoms with Crippen LogP contribution in [0.1, 0.15) is 5.82 Å². The molecular weight excluding hydrogens is 419 g/mol. The van der Waals surface area contributed by atoms with Gasteiger partial charge in [0.15, 0.2) is 15.7 Å². The van der Waals surface area contributed by atoms with Crippen LogP contribution in [0.3, 0.4) is 0 Å². The van der Waals surface area contributed by atoms with Crippen LogP contribution < -0.4 is 4.74 Å². The normalized spacial score (nSPS) is 12.2. The summed E-state index contributed by atoms with van der Waals surface area (Å²) in [7, 11) is -2.07. The van der Waals surface area contributed by atoms with Gasteiger partial charge in [-0.25, -0.2) is 18.1 Å². The molecule has 28 heavy (non-hydrogen) atoms. The molecule has 0 spiro atoms. The minimum absolute atomic E-state index is 0.0622. The average molecular weight is 432 g/mol. The van der Waals surface area contributed by atoms with E-state index in [0.29, 0.717) is 11.4 Å². The molecule has 0 saturated heterocycles. The second-order valence-electron chi connectivity index (χ2n) is 5.78. The van der Waals surface area contributed by atoms with E-state index in [2.05, 4.69) is 10.1 Å². The van der Waals surface area contributed by atoms with Crippen molar-refractivity contribution in [1.29, 1.82) is 0 Å². The number of benzene rings is 2. The van der Waals surface area contributed by atoms with Crippen LogP contribution in [0.25, 0.3) is 17.1 Å². The molecular formula is C17H13ClF3N3O3S. The fourth-order valence-electron chi connectivity index (χ4n) is 2.42. The first-order chi connectivity index (χ1) is 13.0. The van der Waals surface area contributed by atoms with Crippen LogP contribution in [0.2, 0.25) is 5.02 Å². The Bertz CT molecular complexity index is 1130. The molecule has 11 heteroatoms. The van der Waals surface area contributed by atoms with Gasteiger partial charge in [-0.1, -0.05) is 11.6 Å². The third-order valence-electron chi connectivity index (χ3n) is 3.79. The molecule has 0 amide bonds. The molecule has 0 atom stereocenters. The van der Waals surface area contributed by atoms with Crippen molar-refractivity contribution < 1.29 is 26.3 Å². The Morgan fingerprint density at radius 3 is 2.25 bits per heavy atom. The first-order valence-corrected chi connectivity index (χ1v) is 9.96. The topological polar surface area (TPSA) is 74.1 Å². The summed E-state index contributed by atoms with van der Waals surface area (Å²) < 4.78 is 68.9. The first kappa shape index (κ1) is 20.2. The lowest BCUT2D eigenvalue weighted by Crippen LogP contribution is -2.08. The molecule has 1 aromatic heterocycles. The van der Waals surface area contributed by atoms with Gasteiger partial charge in [0.05, 0.1) is 22.7 Å². The maximum atomic E-state index is 13.2. The Hall–Kier alpha value is -2.59. The molecule has 0 radical (unpaired) electrons. The van der Waals surface area contributed by atoms with Gasteiger partial charge in [0, 0.05) is 11.8 Å². The van der Waals surface area contributed by atoms with Gasteiger partial charge in [-0.05, 0) is 42.5 Å². The van der Waals surface area contributed by atoms with Gasteiger partial charge in [-0.2, -0.15) is 13.2 Å². The highest BCUT2D eigenvalue weighted by Crippen LogP contribution is 2.34. The molecule has 0 fully saturated rings. The number of aromatic nitrogens is 3. The van der Waals surface area contributed by atoms with Crippen molar-refractivity contribution >= 4 is 21.4 Å². The second kappa shape index (κ2) is 7.10. The quantitative estimate of drug-likeness (QED) is 0.623. The fraction of sp³-hybridized carbons (Fsp3) is 0.176. The average Bonchev–Trinajstić information content (AvgIpc) is 3.06. The van der Waals surface area contributed by atoms with Crippen molar-refractivity contribution in [1.82, 2.24) is 14.8 Å². The number of methoxy groups -OCH3 is 1. The van der Waals surface area contributed by atoms with Gasteiger partial charge in [-0.15, -0.1) is 5.10 Å². The smallest absolute Gasteiger partial charge is 0.453 e. The summed E-state index contributed by atoms with van der Waals surface area (Å²) in [5.74, 6) is -1.01. The van der Waals surface area contributed by atoms with Gasteiger partial charge >= 0.3 is 6.18 Å². The summed E-state index contributed by atoms with van der Waals surface area (Å²) in [5.41, 5.74) is 0.398. The SMILES string of the molecule is COc1ccc(-n2nc(C(F)(F)F)nc2-c2ccc(S(C)(=O)=O)cc2Cl)cc1. The van der Waals surface area contributed by atoms with Crippen LogP contribution in [0.15, 0.2) is 47.4 Å². The standard InChI is InChI=1S/C17H13ClF3N3O3S/c1-27-11-5-3-10(4-6-11)24-15(22-16(23-24)17(19,20)21)13-8-7-12(9-14(13)18)28(2,25)26/h3-9H,1-2H3. The van der Waals surface area contributed by atoms with Crippen LogP contribution in [0, 0.1) is 0 Å². The minimum Gasteiger partial charge on any atom is -0.497 e. The summed E-state index contributed by atoms with van der Waals surface area (Å²) in [6.45, 7) is 0.